The topological polar surface area (TPSA) is 51.5 Å². The summed E-state index contributed by atoms with van der Waals surface area (Å²) in [6, 6.07) is 7.38. The van der Waals surface area contributed by atoms with Crippen molar-refractivity contribution in [3.63, 3.8) is 0 Å². The Labute approximate surface area is 163 Å². The van der Waals surface area contributed by atoms with Gasteiger partial charge in [-0.2, -0.15) is 0 Å². The van der Waals surface area contributed by atoms with Gasteiger partial charge in [0.05, 0.1) is 12.1 Å². The van der Waals surface area contributed by atoms with E-state index in [0.29, 0.717) is 6.54 Å². The van der Waals surface area contributed by atoms with Gasteiger partial charge in [-0.1, -0.05) is 29.8 Å². The molecular formula is C20H27BrN2O3. The molecule has 2 aromatic rings. The number of carbonyl (C=O) groups is 1. The molecule has 26 heavy (non-hydrogen) atoms. The average Bonchev–Trinajstić information content (AvgIpc) is 2.61. The fourth-order valence-electron chi connectivity index (χ4n) is 3.15. The highest BCUT2D eigenvalue weighted by atomic mass is 79.9. The Morgan fingerprint density at radius 2 is 1.81 bits per heavy atom. The van der Waals surface area contributed by atoms with E-state index < -0.39 is 5.97 Å². The maximum Gasteiger partial charge on any atom is 0.343 e. The molecule has 0 atom stereocenters. The third-order valence-electron chi connectivity index (χ3n) is 4.27. The predicted molar refractivity (Wildman–Crippen MR) is 109 cm³/mol. The van der Waals surface area contributed by atoms with Crippen molar-refractivity contribution in [2.75, 3.05) is 26.2 Å². The molecule has 5 nitrogen and oxygen atoms in total. The number of carbonyl (C=O) groups excluding carboxylic acids is 1. The molecule has 0 aliphatic heterocycles. The van der Waals surface area contributed by atoms with Gasteiger partial charge in [-0.25, -0.2) is 4.79 Å². The number of fused-ring (bicyclic) bond motifs is 1. The Morgan fingerprint density at radius 1 is 1.12 bits per heavy atom. The highest BCUT2D eigenvalue weighted by Crippen LogP contribution is 2.20. The zero-order chi connectivity index (χ0) is 19.1. The number of esters is 1. The summed E-state index contributed by atoms with van der Waals surface area (Å²) >= 11 is 3.46. The summed E-state index contributed by atoms with van der Waals surface area (Å²) in [6.45, 7) is 9.62. The summed E-state index contributed by atoms with van der Waals surface area (Å²) in [7, 11) is 0. The Kier molecular flexibility index (Phi) is 7.85. The lowest BCUT2D eigenvalue weighted by Gasteiger charge is -2.22. The van der Waals surface area contributed by atoms with Crippen molar-refractivity contribution in [2.45, 2.75) is 40.2 Å². The van der Waals surface area contributed by atoms with Crippen LogP contribution in [-0.4, -0.2) is 41.7 Å². The highest BCUT2D eigenvalue weighted by Gasteiger charge is 2.17. The van der Waals surface area contributed by atoms with Crippen LogP contribution in [0.25, 0.3) is 10.9 Å². The molecule has 6 heteroatoms. The van der Waals surface area contributed by atoms with Crippen LogP contribution >= 0.6 is 15.9 Å². The summed E-state index contributed by atoms with van der Waals surface area (Å²) < 4.78 is 7.68. The third kappa shape index (κ3) is 4.95. The molecular weight excluding hydrogens is 396 g/mol. The summed E-state index contributed by atoms with van der Waals surface area (Å²) in [4.78, 5) is 27.5. The minimum absolute atomic E-state index is 0.0926. The lowest BCUT2D eigenvalue weighted by atomic mass is 10.1. The number of halogens is 1. The minimum Gasteiger partial charge on any atom is -0.462 e. The average molecular weight is 423 g/mol. The molecule has 1 aromatic heterocycles. The third-order valence-corrected chi connectivity index (χ3v) is 4.76. The van der Waals surface area contributed by atoms with Crippen molar-refractivity contribution in [1.29, 1.82) is 0 Å². The maximum absolute atomic E-state index is 12.9. The van der Waals surface area contributed by atoms with E-state index in [1.807, 2.05) is 18.2 Å². The van der Waals surface area contributed by atoms with Gasteiger partial charge in [-0.15, -0.1) is 0 Å². The van der Waals surface area contributed by atoms with Gasteiger partial charge in [0, 0.05) is 22.9 Å². The molecule has 1 aromatic carbocycles. The first-order valence-corrected chi connectivity index (χ1v) is 10.0. The van der Waals surface area contributed by atoms with Crippen molar-refractivity contribution in [2.24, 2.45) is 0 Å². The molecule has 0 radical (unpaired) electrons. The molecule has 0 unspecified atom stereocenters. The van der Waals surface area contributed by atoms with Crippen LogP contribution in [0.15, 0.2) is 33.5 Å². The molecule has 0 spiro atoms. The predicted octanol–water partition coefficient (Wildman–Crippen LogP) is 4.06. The number of ether oxygens (including phenoxy) is 1. The van der Waals surface area contributed by atoms with E-state index in [9.17, 15) is 9.59 Å². The van der Waals surface area contributed by atoms with Crippen LogP contribution in [0.2, 0.25) is 0 Å². The first-order chi connectivity index (χ1) is 12.5. The molecule has 2 rings (SSSR count). The smallest absolute Gasteiger partial charge is 0.343 e. The van der Waals surface area contributed by atoms with E-state index in [1.165, 1.54) is 0 Å². The fourth-order valence-corrected chi connectivity index (χ4v) is 3.52. The molecule has 0 amide bonds. The molecule has 0 aliphatic rings. The van der Waals surface area contributed by atoms with Crippen molar-refractivity contribution in [3.05, 3.63) is 44.7 Å². The van der Waals surface area contributed by atoms with Gasteiger partial charge in [-0.05, 0) is 57.1 Å². The maximum atomic E-state index is 12.9. The minimum atomic E-state index is -0.563. The zero-order valence-electron chi connectivity index (χ0n) is 15.8. The Balaban J connectivity index is 2.46. The number of hydrogen-bond acceptors (Lipinski definition) is 4. The molecule has 0 N–H and O–H groups in total. The van der Waals surface area contributed by atoms with Gasteiger partial charge in [0.25, 0.3) is 5.56 Å². The molecule has 0 saturated carbocycles. The van der Waals surface area contributed by atoms with Gasteiger partial charge in [0.1, 0.15) is 5.56 Å². The van der Waals surface area contributed by atoms with Crippen molar-refractivity contribution < 1.29 is 9.53 Å². The largest absolute Gasteiger partial charge is 0.462 e. The van der Waals surface area contributed by atoms with Gasteiger partial charge < -0.3 is 14.2 Å². The standard InChI is InChI=1S/C20H27BrN2O3/c1-4-9-22(10-5-2)11-12-23-18-8-7-16(21)13-15(18)14-17(19(23)24)20(25)26-6-3/h7-8,13-14H,4-6,9-12H2,1-3H3. The fraction of sp³-hybridized carbons (Fsp3) is 0.500. The number of rotatable bonds is 9. The summed E-state index contributed by atoms with van der Waals surface area (Å²) in [6.07, 6.45) is 2.15. The Hall–Kier alpha value is -1.66. The molecule has 142 valence electrons. The van der Waals surface area contributed by atoms with Crippen LogP contribution in [0, 0.1) is 0 Å². The second-order valence-electron chi connectivity index (χ2n) is 6.28. The number of hydrogen-bond donors (Lipinski definition) is 0. The second kappa shape index (κ2) is 9.88. The lowest BCUT2D eigenvalue weighted by molar-refractivity contribution is 0.0523. The first-order valence-electron chi connectivity index (χ1n) is 9.24. The van der Waals surface area contributed by atoms with Crippen LogP contribution in [0.3, 0.4) is 0 Å². The Bertz CT molecular complexity index is 811. The number of benzene rings is 1. The van der Waals surface area contributed by atoms with Crippen molar-refractivity contribution >= 4 is 32.8 Å². The van der Waals surface area contributed by atoms with Gasteiger partial charge in [0.2, 0.25) is 0 Å². The van der Waals surface area contributed by atoms with Crippen LogP contribution in [0.1, 0.15) is 44.0 Å². The SMILES string of the molecule is CCCN(CCC)CCn1c(=O)c(C(=O)OCC)cc2cc(Br)ccc21. The molecule has 0 aliphatic carbocycles. The molecule has 0 fully saturated rings. The quantitative estimate of drug-likeness (QED) is 0.571. The number of pyridine rings is 1. The lowest BCUT2D eigenvalue weighted by Crippen LogP contribution is -2.34. The van der Waals surface area contributed by atoms with Crippen LogP contribution in [0.4, 0.5) is 0 Å². The molecule has 1 heterocycles. The van der Waals surface area contributed by atoms with E-state index in [4.69, 9.17) is 4.74 Å². The summed E-state index contributed by atoms with van der Waals surface area (Å²) in [5.74, 6) is -0.563. The zero-order valence-corrected chi connectivity index (χ0v) is 17.3. The van der Waals surface area contributed by atoms with Gasteiger partial charge >= 0.3 is 5.97 Å². The van der Waals surface area contributed by atoms with E-state index in [2.05, 4.69) is 34.7 Å². The first kappa shape index (κ1) is 20.6. The van der Waals surface area contributed by atoms with E-state index in [1.54, 1.807) is 17.6 Å². The van der Waals surface area contributed by atoms with Crippen LogP contribution < -0.4 is 5.56 Å². The highest BCUT2D eigenvalue weighted by molar-refractivity contribution is 9.10. The monoisotopic (exact) mass is 422 g/mol. The normalized spacial score (nSPS) is 11.3. The Morgan fingerprint density at radius 3 is 2.42 bits per heavy atom. The van der Waals surface area contributed by atoms with Crippen LogP contribution in [0.5, 0.6) is 0 Å². The second-order valence-corrected chi connectivity index (χ2v) is 7.20. The van der Waals surface area contributed by atoms with E-state index in [-0.39, 0.29) is 17.7 Å². The summed E-state index contributed by atoms with van der Waals surface area (Å²) in [5, 5.41) is 0.847. The van der Waals surface area contributed by atoms with Crippen LogP contribution in [-0.2, 0) is 11.3 Å². The summed E-state index contributed by atoms with van der Waals surface area (Å²) in [5.41, 5.74) is 0.639. The van der Waals surface area contributed by atoms with Gasteiger partial charge in [-0.3, -0.25) is 4.79 Å². The number of aromatic nitrogens is 1. The molecule has 0 bridgehead atoms. The van der Waals surface area contributed by atoms with E-state index >= 15 is 0 Å². The van der Waals surface area contributed by atoms with Gasteiger partial charge in [0.15, 0.2) is 0 Å². The van der Waals surface area contributed by atoms with Crippen molar-refractivity contribution in [3.8, 4) is 0 Å². The molecule has 0 saturated heterocycles. The van der Waals surface area contributed by atoms with E-state index in [0.717, 1.165) is 47.9 Å². The number of nitrogens with zero attached hydrogens (tertiary/aromatic N) is 2. The van der Waals surface area contributed by atoms with Crippen molar-refractivity contribution in [1.82, 2.24) is 9.47 Å².